The van der Waals surface area contributed by atoms with E-state index in [0.29, 0.717) is 16.1 Å². The van der Waals surface area contributed by atoms with Crippen LogP contribution in [0.1, 0.15) is 10.5 Å². The average Bonchev–Trinajstić information content (AvgIpc) is 2.44. The summed E-state index contributed by atoms with van der Waals surface area (Å²) in [7, 11) is 1.22. The Morgan fingerprint density at radius 3 is 2.35 bits per heavy atom. The van der Waals surface area contributed by atoms with Crippen LogP contribution in [0.15, 0.2) is 29.1 Å². The van der Waals surface area contributed by atoms with E-state index in [4.69, 9.17) is 34.8 Å². The molecule has 0 saturated carbocycles. The lowest BCUT2D eigenvalue weighted by Crippen LogP contribution is -2.14. The van der Waals surface area contributed by atoms with Crippen molar-refractivity contribution >= 4 is 40.8 Å². The van der Waals surface area contributed by atoms with Crippen LogP contribution in [0.5, 0.6) is 0 Å². The molecule has 4 nitrogen and oxygen atoms in total. The first-order valence-electron chi connectivity index (χ1n) is 5.41. The number of halogens is 3. The van der Waals surface area contributed by atoms with Gasteiger partial charge in [-0.3, -0.25) is 4.79 Å². The van der Waals surface area contributed by atoms with Gasteiger partial charge in [-0.15, -0.1) is 0 Å². The maximum Gasteiger partial charge on any atom is 0.355 e. The molecular formula is C13H8Cl3NO3. The monoisotopic (exact) mass is 331 g/mol. The number of carbonyl (C=O) groups excluding carboxylic acids is 1. The van der Waals surface area contributed by atoms with Crippen molar-refractivity contribution in [2.45, 2.75) is 0 Å². The lowest BCUT2D eigenvalue weighted by Gasteiger charge is -2.10. The number of carbonyl (C=O) groups is 1. The number of nitrogens with one attached hydrogen (secondary N) is 1. The molecular weight excluding hydrogens is 325 g/mol. The number of hydrogen-bond donors (Lipinski definition) is 1. The predicted octanol–water partition coefficient (Wildman–Crippen LogP) is 3.79. The van der Waals surface area contributed by atoms with E-state index in [1.54, 1.807) is 12.1 Å². The van der Waals surface area contributed by atoms with Gasteiger partial charge in [0, 0.05) is 17.2 Å². The van der Waals surface area contributed by atoms with Crippen LogP contribution in [0.3, 0.4) is 0 Å². The van der Waals surface area contributed by atoms with E-state index in [0.717, 1.165) is 0 Å². The summed E-state index contributed by atoms with van der Waals surface area (Å²) in [4.78, 5) is 25.5. The second kappa shape index (κ2) is 5.87. The van der Waals surface area contributed by atoms with Crippen LogP contribution in [0.25, 0.3) is 11.1 Å². The van der Waals surface area contributed by atoms with Crippen molar-refractivity contribution < 1.29 is 9.53 Å². The highest BCUT2D eigenvalue weighted by molar-refractivity contribution is 6.49. The quantitative estimate of drug-likeness (QED) is 0.672. The van der Waals surface area contributed by atoms with Gasteiger partial charge in [-0.05, 0) is 12.1 Å². The minimum absolute atomic E-state index is 0.000268. The summed E-state index contributed by atoms with van der Waals surface area (Å²) in [5.41, 5.74) is 0.448. The van der Waals surface area contributed by atoms with E-state index in [2.05, 4.69) is 9.72 Å². The molecule has 1 N–H and O–H groups in total. The highest BCUT2D eigenvalue weighted by atomic mass is 35.5. The summed E-state index contributed by atoms with van der Waals surface area (Å²) >= 11 is 18.0. The van der Waals surface area contributed by atoms with Crippen molar-refractivity contribution in [1.29, 1.82) is 0 Å². The molecule has 0 aliphatic rings. The topological polar surface area (TPSA) is 59.2 Å². The molecule has 7 heteroatoms. The number of pyridine rings is 1. The van der Waals surface area contributed by atoms with Gasteiger partial charge >= 0.3 is 5.97 Å². The van der Waals surface area contributed by atoms with Gasteiger partial charge in [0.1, 0.15) is 5.69 Å². The summed E-state index contributed by atoms with van der Waals surface area (Å²) in [5, 5.41) is 0.661. The SMILES string of the molecule is COC(=O)c1[nH]c(=O)ccc1-c1ccc(Cl)c(Cl)c1Cl. The number of rotatable bonds is 2. The fourth-order valence-electron chi connectivity index (χ4n) is 1.70. The van der Waals surface area contributed by atoms with E-state index in [1.165, 1.54) is 19.2 Å². The number of ether oxygens (including phenoxy) is 1. The van der Waals surface area contributed by atoms with Crippen LogP contribution in [-0.4, -0.2) is 18.1 Å². The molecule has 0 atom stereocenters. The van der Waals surface area contributed by atoms with Crippen molar-refractivity contribution in [1.82, 2.24) is 4.98 Å². The third-order valence-corrected chi connectivity index (χ3v) is 3.93. The van der Waals surface area contributed by atoms with Gasteiger partial charge < -0.3 is 9.72 Å². The lowest BCUT2D eigenvalue weighted by molar-refractivity contribution is 0.0594. The highest BCUT2D eigenvalue weighted by Gasteiger charge is 2.18. The van der Waals surface area contributed by atoms with Crippen LogP contribution < -0.4 is 5.56 Å². The van der Waals surface area contributed by atoms with Crippen molar-refractivity contribution in [3.63, 3.8) is 0 Å². The first-order chi connectivity index (χ1) is 9.45. The van der Waals surface area contributed by atoms with Crippen LogP contribution >= 0.6 is 34.8 Å². The molecule has 0 aliphatic carbocycles. The van der Waals surface area contributed by atoms with E-state index in [1.807, 2.05) is 0 Å². The molecule has 0 fully saturated rings. The third kappa shape index (κ3) is 2.68. The molecule has 0 spiro atoms. The molecule has 1 aromatic carbocycles. The zero-order valence-electron chi connectivity index (χ0n) is 10.2. The normalized spacial score (nSPS) is 10.4. The maximum atomic E-state index is 11.7. The van der Waals surface area contributed by atoms with Gasteiger partial charge in [0.25, 0.3) is 0 Å². The molecule has 0 aliphatic heterocycles. The molecule has 0 radical (unpaired) electrons. The van der Waals surface area contributed by atoms with Gasteiger partial charge in [0.2, 0.25) is 5.56 Å². The van der Waals surface area contributed by atoms with Gasteiger partial charge in [-0.25, -0.2) is 4.79 Å². The Hall–Kier alpha value is -1.49. The molecule has 2 aromatic rings. The number of H-pyrrole nitrogens is 1. The molecule has 2 rings (SSSR count). The minimum Gasteiger partial charge on any atom is -0.464 e. The Kier molecular flexibility index (Phi) is 4.38. The summed E-state index contributed by atoms with van der Waals surface area (Å²) < 4.78 is 4.64. The summed E-state index contributed by atoms with van der Waals surface area (Å²) in [6.07, 6.45) is 0. The molecule has 1 aromatic heterocycles. The van der Waals surface area contributed by atoms with E-state index in [9.17, 15) is 9.59 Å². The highest BCUT2D eigenvalue weighted by Crippen LogP contribution is 2.38. The number of aromatic nitrogens is 1. The Morgan fingerprint density at radius 1 is 1.05 bits per heavy atom. The van der Waals surface area contributed by atoms with Crippen LogP contribution in [0.2, 0.25) is 15.1 Å². The zero-order valence-corrected chi connectivity index (χ0v) is 12.4. The van der Waals surface area contributed by atoms with Crippen molar-refractivity contribution in [2.24, 2.45) is 0 Å². The number of aromatic amines is 1. The first kappa shape index (κ1) is 14.9. The van der Waals surface area contributed by atoms with E-state index < -0.39 is 11.5 Å². The molecule has 104 valence electrons. The van der Waals surface area contributed by atoms with Gasteiger partial charge in [0.15, 0.2) is 0 Å². The van der Waals surface area contributed by atoms with Gasteiger partial charge in [-0.1, -0.05) is 40.9 Å². The molecule has 20 heavy (non-hydrogen) atoms. The largest absolute Gasteiger partial charge is 0.464 e. The van der Waals surface area contributed by atoms with E-state index in [-0.39, 0.29) is 15.7 Å². The van der Waals surface area contributed by atoms with E-state index >= 15 is 0 Å². The van der Waals surface area contributed by atoms with Crippen LogP contribution in [0, 0.1) is 0 Å². The Labute approximate surface area is 129 Å². The Bertz CT molecular complexity index is 740. The van der Waals surface area contributed by atoms with Gasteiger partial charge in [0.05, 0.1) is 22.2 Å². The second-order valence-corrected chi connectivity index (χ2v) is 4.99. The maximum absolute atomic E-state index is 11.7. The molecule has 0 amide bonds. The minimum atomic E-state index is -0.681. The predicted molar refractivity (Wildman–Crippen MR) is 78.9 cm³/mol. The summed E-state index contributed by atoms with van der Waals surface area (Å²) in [6, 6.07) is 5.91. The first-order valence-corrected chi connectivity index (χ1v) is 6.54. The number of esters is 1. The Morgan fingerprint density at radius 2 is 1.70 bits per heavy atom. The lowest BCUT2D eigenvalue weighted by atomic mass is 10.0. The number of methoxy groups -OCH3 is 1. The molecule has 1 heterocycles. The number of hydrogen-bond acceptors (Lipinski definition) is 3. The fraction of sp³-hybridized carbons (Fsp3) is 0.0769. The van der Waals surface area contributed by atoms with Crippen molar-refractivity contribution in [3.05, 3.63) is 55.4 Å². The fourth-order valence-corrected chi connectivity index (χ4v) is 2.33. The summed E-state index contributed by atoms with van der Waals surface area (Å²) in [6.45, 7) is 0. The van der Waals surface area contributed by atoms with Crippen molar-refractivity contribution in [2.75, 3.05) is 7.11 Å². The number of benzene rings is 1. The third-order valence-electron chi connectivity index (χ3n) is 2.63. The molecule has 0 bridgehead atoms. The van der Waals surface area contributed by atoms with Crippen LogP contribution in [0.4, 0.5) is 0 Å². The van der Waals surface area contributed by atoms with Gasteiger partial charge in [-0.2, -0.15) is 0 Å². The summed E-state index contributed by atoms with van der Waals surface area (Å²) in [5.74, 6) is -0.681. The standard InChI is InChI=1S/C13H8Cl3NO3/c1-20-13(19)12-7(3-5-9(18)17-12)6-2-4-8(14)11(16)10(6)15/h2-5H,1H3,(H,17,18). The van der Waals surface area contributed by atoms with Crippen LogP contribution in [-0.2, 0) is 4.74 Å². The molecule has 0 unspecified atom stereocenters. The van der Waals surface area contributed by atoms with Crippen molar-refractivity contribution in [3.8, 4) is 11.1 Å². The molecule has 0 saturated heterocycles. The average molecular weight is 333 g/mol. The second-order valence-electron chi connectivity index (χ2n) is 3.83. The zero-order chi connectivity index (χ0) is 14.9. The smallest absolute Gasteiger partial charge is 0.355 e. The Balaban J connectivity index is 2.73.